The van der Waals surface area contributed by atoms with Crippen LogP contribution < -0.4 is 11.1 Å². The molecule has 2 rings (SSSR count). The van der Waals surface area contributed by atoms with Crippen LogP contribution in [0.4, 0.5) is 0 Å². The zero-order valence-electron chi connectivity index (χ0n) is 11.3. The molecule has 0 aliphatic carbocycles. The lowest BCUT2D eigenvalue weighted by Crippen LogP contribution is -2.24. The molecule has 0 aliphatic rings. The number of carbonyl (C=O) groups excluding carboxylic acids is 1. The summed E-state index contributed by atoms with van der Waals surface area (Å²) in [6.45, 7) is 0.463. The molecule has 0 unspecified atom stereocenters. The highest BCUT2D eigenvalue weighted by molar-refractivity contribution is 7.80. The van der Waals surface area contributed by atoms with E-state index in [4.69, 9.17) is 29.6 Å². The van der Waals surface area contributed by atoms with E-state index in [9.17, 15) is 4.79 Å². The Morgan fingerprint density at radius 3 is 2.48 bits per heavy atom. The summed E-state index contributed by atoms with van der Waals surface area (Å²) in [7, 11) is 0. The van der Waals surface area contributed by atoms with Crippen LogP contribution in [0.3, 0.4) is 0 Å². The molecule has 2 aromatic rings. The Balaban J connectivity index is 1.88. The standard InChI is InChI=1S/C16H15ClN2OS/c17-14-3-1-2-12(8-14)10-19-15(20)9-11-4-6-13(7-5-11)16(18)21/h1-8H,9-10H2,(H2,18,21)(H,19,20). The van der Waals surface area contributed by atoms with Crippen molar-refractivity contribution in [1.82, 2.24) is 5.32 Å². The van der Waals surface area contributed by atoms with Crippen LogP contribution in [0, 0.1) is 0 Å². The molecule has 0 aromatic heterocycles. The minimum absolute atomic E-state index is 0.0435. The molecule has 0 radical (unpaired) electrons. The summed E-state index contributed by atoms with van der Waals surface area (Å²) in [5.74, 6) is -0.0435. The molecule has 5 heteroatoms. The first kappa shape index (κ1) is 15.5. The fraction of sp³-hybridized carbons (Fsp3) is 0.125. The summed E-state index contributed by atoms with van der Waals surface area (Å²) in [4.78, 5) is 12.2. The van der Waals surface area contributed by atoms with Gasteiger partial charge in [0.25, 0.3) is 0 Å². The van der Waals surface area contributed by atoms with Crippen molar-refractivity contribution in [2.75, 3.05) is 0 Å². The Hall–Kier alpha value is -1.91. The van der Waals surface area contributed by atoms with Gasteiger partial charge in [0.05, 0.1) is 6.42 Å². The molecule has 0 atom stereocenters. The third-order valence-corrected chi connectivity index (χ3v) is 3.45. The SMILES string of the molecule is NC(=S)c1ccc(CC(=O)NCc2cccc(Cl)c2)cc1. The zero-order valence-corrected chi connectivity index (χ0v) is 12.9. The lowest BCUT2D eigenvalue weighted by Gasteiger charge is -2.06. The maximum atomic E-state index is 11.9. The number of carbonyl (C=O) groups is 1. The van der Waals surface area contributed by atoms with Crippen molar-refractivity contribution < 1.29 is 4.79 Å². The van der Waals surface area contributed by atoms with Gasteiger partial charge in [0.15, 0.2) is 0 Å². The first-order valence-electron chi connectivity index (χ1n) is 6.44. The number of halogens is 1. The van der Waals surface area contributed by atoms with E-state index in [0.717, 1.165) is 16.7 Å². The number of benzene rings is 2. The van der Waals surface area contributed by atoms with Gasteiger partial charge in [-0.15, -0.1) is 0 Å². The molecule has 0 fully saturated rings. The van der Waals surface area contributed by atoms with Crippen LogP contribution in [0.15, 0.2) is 48.5 Å². The second-order valence-electron chi connectivity index (χ2n) is 4.64. The Morgan fingerprint density at radius 2 is 1.86 bits per heavy atom. The highest BCUT2D eigenvalue weighted by Crippen LogP contribution is 2.10. The van der Waals surface area contributed by atoms with Crippen LogP contribution in [-0.2, 0) is 17.8 Å². The van der Waals surface area contributed by atoms with Gasteiger partial charge in [0.2, 0.25) is 5.91 Å². The maximum absolute atomic E-state index is 11.9. The van der Waals surface area contributed by atoms with E-state index in [1.807, 2.05) is 42.5 Å². The molecule has 0 heterocycles. The Bertz CT molecular complexity index is 656. The molecule has 21 heavy (non-hydrogen) atoms. The van der Waals surface area contributed by atoms with Crippen LogP contribution in [0.5, 0.6) is 0 Å². The summed E-state index contributed by atoms with van der Waals surface area (Å²) >= 11 is 10.8. The second kappa shape index (κ2) is 7.20. The monoisotopic (exact) mass is 318 g/mol. The average Bonchev–Trinajstić information content (AvgIpc) is 2.46. The van der Waals surface area contributed by atoms with Gasteiger partial charge in [-0.25, -0.2) is 0 Å². The summed E-state index contributed by atoms with van der Waals surface area (Å²) < 4.78 is 0. The van der Waals surface area contributed by atoms with Crippen molar-refractivity contribution in [2.24, 2.45) is 5.73 Å². The highest BCUT2D eigenvalue weighted by Gasteiger charge is 2.04. The van der Waals surface area contributed by atoms with E-state index in [-0.39, 0.29) is 5.91 Å². The molecule has 0 aliphatic heterocycles. The van der Waals surface area contributed by atoms with Crippen molar-refractivity contribution in [3.8, 4) is 0 Å². The van der Waals surface area contributed by atoms with Gasteiger partial charge in [-0.1, -0.05) is 60.2 Å². The molecule has 2 aromatic carbocycles. The molecule has 108 valence electrons. The number of hydrogen-bond donors (Lipinski definition) is 2. The van der Waals surface area contributed by atoms with E-state index in [1.54, 1.807) is 6.07 Å². The molecule has 0 bridgehead atoms. The molecule has 0 spiro atoms. The van der Waals surface area contributed by atoms with Crippen LogP contribution in [0.25, 0.3) is 0 Å². The van der Waals surface area contributed by atoms with Crippen LogP contribution in [0.2, 0.25) is 5.02 Å². The molecule has 3 N–H and O–H groups in total. The van der Waals surface area contributed by atoms with Crippen LogP contribution in [0.1, 0.15) is 16.7 Å². The van der Waals surface area contributed by atoms with Crippen LogP contribution in [-0.4, -0.2) is 10.9 Å². The van der Waals surface area contributed by atoms with Crippen molar-refractivity contribution in [2.45, 2.75) is 13.0 Å². The number of thiocarbonyl (C=S) groups is 1. The van der Waals surface area contributed by atoms with E-state index in [1.165, 1.54) is 0 Å². The lowest BCUT2D eigenvalue weighted by atomic mass is 10.1. The minimum atomic E-state index is -0.0435. The molecule has 0 saturated carbocycles. The number of hydrogen-bond acceptors (Lipinski definition) is 2. The second-order valence-corrected chi connectivity index (χ2v) is 5.52. The fourth-order valence-electron chi connectivity index (χ4n) is 1.88. The van der Waals surface area contributed by atoms with E-state index < -0.39 is 0 Å². The highest BCUT2D eigenvalue weighted by atomic mass is 35.5. The average molecular weight is 319 g/mol. The van der Waals surface area contributed by atoms with Crippen molar-refractivity contribution >= 4 is 34.7 Å². The van der Waals surface area contributed by atoms with Crippen molar-refractivity contribution in [1.29, 1.82) is 0 Å². The maximum Gasteiger partial charge on any atom is 0.224 e. The number of rotatable bonds is 5. The minimum Gasteiger partial charge on any atom is -0.389 e. The number of amides is 1. The quantitative estimate of drug-likeness (QED) is 0.834. The zero-order chi connectivity index (χ0) is 15.2. The van der Waals surface area contributed by atoms with Gasteiger partial charge in [0, 0.05) is 17.1 Å². The summed E-state index contributed by atoms with van der Waals surface area (Å²) in [6, 6.07) is 14.8. The fourth-order valence-corrected chi connectivity index (χ4v) is 2.23. The summed E-state index contributed by atoms with van der Waals surface area (Å²) in [5, 5.41) is 3.53. The van der Waals surface area contributed by atoms with Gasteiger partial charge in [-0.3, -0.25) is 4.79 Å². The third kappa shape index (κ3) is 4.85. The van der Waals surface area contributed by atoms with E-state index >= 15 is 0 Å². The smallest absolute Gasteiger partial charge is 0.224 e. The number of nitrogens with one attached hydrogen (secondary N) is 1. The summed E-state index contributed by atoms with van der Waals surface area (Å²) in [6.07, 6.45) is 0.318. The van der Waals surface area contributed by atoms with Gasteiger partial charge in [0.1, 0.15) is 4.99 Å². The molecular weight excluding hydrogens is 304 g/mol. The molecular formula is C16H15ClN2OS. The molecule has 0 saturated heterocycles. The normalized spacial score (nSPS) is 10.1. The van der Waals surface area contributed by atoms with Crippen LogP contribution >= 0.6 is 23.8 Å². The predicted molar refractivity (Wildman–Crippen MR) is 89.3 cm³/mol. The Labute approximate surface area is 134 Å². The topological polar surface area (TPSA) is 55.1 Å². The van der Waals surface area contributed by atoms with E-state index in [2.05, 4.69) is 5.32 Å². The number of nitrogens with two attached hydrogens (primary N) is 1. The first-order valence-corrected chi connectivity index (χ1v) is 7.23. The molecule has 3 nitrogen and oxygen atoms in total. The van der Waals surface area contributed by atoms with E-state index in [0.29, 0.717) is 23.0 Å². The Kier molecular flexibility index (Phi) is 5.31. The Morgan fingerprint density at radius 1 is 1.14 bits per heavy atom. The van der Waals surface area contributed by atoms with Gasteiger partial charge in [-0.05, 0) is 23.3 Å². The van der Waals surface area contributed by atoms with Crippen molar-refractivity contribution in [3.63, 3.8) is 0 Å². The molecule has 1 amide bonds. The summed E-state index contributed by atoms with van der Waals surface area (Å²) in [5.41, 5.74) is 8.22. The largest absolute Gasteiger partial charge is 0.389 e. The van der Waals surface area contributed by atoms with Crippen molar-refractivity contribution in [3.05, 3.63) is 70.2 Å². The predicted octanol–water partition coefficient (Wildman–Crippen LogP) is 2.83. The first-order chi connectivity index (χ1) is 10.0. The van der Waals surface area contributed by atoms with Gasteiger partial charge < -0.3 is 11.1 Å². The van der Waals surface area contributed by atoms with Gasteiger partial charge >= 0.3 is 0 Å². The lowest BCUT2D eigenvalue weighted by molar-refractivity contribution is -0.120. The third-order valence-electron chi connectivity index (χ3n) is 2.98. The van der Waals surface area contributed by atoms with Gasteiger partial charge in [-0.2, -0.15) is 0 Å².